The van der Waals surface area contributed by atoms with Crippen LogP contribution in [0.1, 0.15) is 73.9 Å². The number of aromatic amines is 1. The van der Waals surface area contributed by atoms with Gasteiger partial charge in [0.25, 0.3) is 5.91 Å². The zero-order valence-corrected chi connectivity index (χ0v) is 25.3. The Morgan fingerprint density at radius 3 is 2.32 bits per heavy atom. The molecule has 1 saturated carbocycles. The molecule has 2 N–H and O–H groups in total. The number of piperazine rings is 1. The van der Waals surface area contributed by atoms with Crippen LogP contribution in [0.25, 0.3) is 5.57 Å². The first-order valence-corrected chi connectivity index (χ1v) is 15.2. The molecular formula is C32H39F4N5O3. The maximum Gasteiger partial charge on any atom is 0.417 e. The van der Waals surface area contributed by atoms with Crippen LogP contribution in [0, 0.1) is 11.7 Å². The molecule has 1 saturated heterocycles. The average Bonchev–Trinajstić information content (AvgIpc) is 3.00. The van der Waals surface area contributed by atoms with Crippen molar-refractivity contribution in [1.29, 1.82) is 0 Å². The van der Waals surface area contributed by atoms with Gasteiger partial charge in [0, 0.05) is 62.0 Å². The van der Waals surface area contributed by atoms with Gasteiger partial charge in [-0.05, 0) is 57.9 Å². The molecule has 1 aromatic carbocycles. The van der Waals surface area contributed by atoms with Gasteiger partial charge in [-0.2, -0.15) is 13.2 Å². The molecule has 3 heterocycles. The van der Waals surface area contributed by atoms with E-state index in [0.717, 1.165) is 38.3 Å². The zero-order chi connectivity index (χ0) is 31.8. The van der Waals surface area contributed by atoms with E-state index < -0.39 is 34.6 Å². The van der Waals surface area contributed by atoms with Crippen LogP contribution in [0.5, 0.6) is 0 Å². The minimum absolute atomic E-state index is 0.0272. The lowest BCUT2D eigenvalue weighted by Crippen LogP contribution is -2.55. The third kappa shape index (κ3) is 6.69. The Balaban J connectivity index is 1.48. The maximum absolute atomic E-state index is 15.9. The van der Waals surface area contributed by atoms with Gasteiger partial charge in [-0.25, -0.2) is 4.39 Å². The van der Waals surface area contributed by atoms with Crippen LogP contribution in [0.15, 0.2) is 35.3 Å². The Morgan fingerprint density at radius 1 is 1.02 bits per heavy atom. The van der Waals surface area contributed by atoms with Gasteiger partial charge in [0.2, 0.25) is 11.5 Å². The lowest BCUT2D eigenvalue weighted by molar-refractivity contribution is -0.138. The van der Waals surface area contributed by atoms with Gasteiger partial charge < -0.3 is 20.1 Å². The van der Waals surface area contributed by atoms with Crippen LogP contribution < -0.4 is 15.8 Å². The van der Waals surface area contributed by atoms with Crippen molar-refractivity contribution in [3.05, 3.63) is 63.3 Å². The van der Waals surface area contributed by atoms with E-state index in [2.05, 4.69) is 15.2 Å². The predicted molar refractivity (Wildman–Crippen MR) is 161 cm³/mol. The summed E-state index contributed by atoms with van der Waals surface area (Å²) < 4.78 is 57.1. The fourth-order valence-electron chi connectivity index (χ4n) is 6.58. The predicted octanol–water partition coefficient (Wildman–Crippen LogP) is 5.51. The van der Waals surface area contributed by atoms with Crippen molar-refractivity contribution < 1.29 is 27.2 Å². The molecule has 0 bridgehead atoms. The highest BCUT2D eigenvalue weighted by Gasteiger charge is 2.37. The van der Waals surface area contributed by atoms with Crippen LogP contribution >= 0.6 is 0 Å². The van der Waals surface area contributed by atoms with E-state index >= 15 is 4.39 Å². The van der Waals surface area contributed by atoms with Crippen LogP contribution in [-0.2, 0) is 11.0 Å². The van der Waals surface area contributed by atoms with Crippen molar-refractivity contribution in [2.24, 2.45) is 5.92 Å². The van der Waals surface area contributed by atoms with E-state index in [1.165, 1.54) is 12.1 Å². The van der Waals surface area contributed by atoms with Gasteiger partial charge >= 0.3 is 6.18 Å². The van der Waals surface area contributed by atoms with E-state index in [9.17, 15) is 27.6 Å². The van der Waals surface area contributed by atoms with Crippen molar-refractivity contribution in [1.82, 2.24) is 14.8 Å². The first kappa shape index (κ1) is 31.7. The topological polar surface area (TPSA) is 88.7 Å². The molecule has 0 radical (unpaired) electrons. The first-order valence-electron chi connectivity index (χ1n) is 15.2. The molecule has 0 spiro atoms. The second kappa shape index (κ2) is 12.7. The molecular weight excluding hydrogens is 578 g/mol. The number of halogens is 4. The molecule has 2 fully saturated rings. The van der Waals surface area contributed by atoms with Crippen LogP contribution in [0.3, 0.4) is 0 Å². The molecule has 1 aliphatic carbocycles. The van der Waals surface area contributed by atoms with Crippen molar-refractivity contribution >= 4 is 28.8 Å². The maximum atomic E-state index is 15.9. The molecule has 5 rings (SSSR count). The molecule has 12 heteroatoms. The lowest BCUT2D eigenvalue weighted by atomic mass is 9.87. The van der Waals surface area contributed by atoms with Gasteiger partial charge in [0.1, 0.15) is 5.82 Å². The summed E-state index contributed by atoms with van der Waals surface area (Å²) in [5.41, 5.74) is -1.69. The summed E-state index contributed by atoms with van der Waals surface area (Å²) in [5, 5.41) is 2.60. The smallest absolute Gasteiger partial charge is 0.367 e. The molecule has 3 aliphatic rings. The SMILES string of the molecule is CC1CN(c2cc(F)c(C3=CCN(C(=O)C4CCCCC4)CC3)cc2NC(=O)c2c[nH]c(=O)cc2C(F)(F)F)CC(C)N1C. The lowest BCUT2D eigenvalue weighted by Gasteiger charge is -2.44. The van der Waals surface area contributed by atoms with Gasteiger partial charge in [-0.1, -0.05) is 25.3 Å². The summed E-state index contributed by atoms with van der Waals surface area (Å²) in [5.74, 6) is -1.44. The second-order valence-corrected chi connectivity index (χ2v) is 12.3. The van der Waals surface area contributed by atoms with Crippen LogP contribution in [-0.4, -0.2) is 71.9 Å². The normalized spacial score (nSPS) is 22.1. The Kier molecular flexibility index (Phi) is 9.20. The number of benzene rings is 1. The number of aromatic nitrogens is 1. The van der Waals surface area contributed by atoms with E-state index in [1.54, 1.807) is 4.90 Å². The monoisotopic (exact) mass is 617 g/mol. The Hall–Kier alpha value is -3.67. The number of nitrogens with one attached hydrogen (secondary N) is 2. The molecule has 44 heavy (non-hydrogen) atoms. The third-order valence-corrected chi connectivity index (χ3v) is 9.33. The summed E-state index contributed by atoms with van der Waals surface area (Å²) in [4.78, 5) is 46.1. The van der Waals surface area contributed by atoms with E-state index in [4.69, 9.17) is 0 Å². The summed E-state index contributed by atoms with van der Waals surface area (Å²) in [6, 6.07) is 3.33. The highest BCUT2D eigenvalue weighted by molar-refractivity contribution is 6.07. The molecule has 2 unspecified atom stereocenters. The molecule has 2 amide bonds. The number of anilines is 2. The first-order chi connectivity index (χ1) is 20.8. The largest absolute Gasteiger partial charge is 0.417 e. The fourth-order valence-corrected chi connectivity index (χ4v) is 6.58. The number of H-pyrrole nitrogens is 1. The number of nitrogens with zero attached hydrogens (tertiary/aromatic N) is 3. The minimum Gasteiger partial charge on any atom is -0.367 e. The van der Waals surface area contributed by atoms with Crippen LogP contribution in [0.4, 0.5) is 28.9 Å². The number of alkyl halides is 3. The molecule has 238 valence electrons. The van der Waals surface area contributed by atoms with Gasteiger partial charge in [0.15, 0.2) is 0 Å². The quantitative estimate of drug-likeness (QED) is 0.432. The molecule has 2 aromatic rings. The fraction of sp³-hybridized carbons (Fsp3) is 0.531. The number of amides is 2. The van der Waals surface area contributed by atoms with Gasteiger partial charge in [0.05, 0.1) is 22.5 Å². The highest BCUT2D eigenvalue weighted by atomic mass is 19.4. The third-order valence-electron chi connectivity index (χ3n) is 9.33. The number of rotatable bonds is 5. The zero-order valence-electron chi connectivity index (χ0n) is 25.3. The second-order valence-electron chi connectivity index (χ2n) is 12.3. The van der Waals surface area contributed by atoms with Crippen molar-refractivity contribution in [3.8, 4) is 0 Å². The Labute approximate surface area is 254 Å². The van der Waals surface area contributed by atoms with E-state index in [0.29, 0.717) is 49.9 Å². The number of hydrogen-bond acceptors (Lipinski definition) is 5. The Bertz CT molecular complexity index is 1490. The standard InChI is InChI=1S/C32H39F4N5O3/c1-19-17-41(18-20(2)39(19)3)28-15-26(33)23(21-9-11-40(12-10-21)31(44)22-7-5-4-6-8-22)13-27(28)38-30(43)24-16-37-29(42)14-25(24)32(34,35)36/h9,13-16,19-20,22H,4-8,10-12,17-18H2,1-3H3,(H,37,42)(H,38,43). The summed E-state index contributed by atoms with van der Waals surface area (Å²) in [6.07, 6.45) is 3.05. The van der Waals surface area contributed by atoms with Crippen molar-refractivity contribution in [2.75, 3.05) is 43.4 Å². The number of carbonyl (C=O) groups is 2. The minimum atomic E-state index is -4.94. The summed E-state index contributed by atoms with van der Waals surface area (Å²) >= 11 is 0. The number of carbonyl (C=O) groups excluding carboxylic acids is 2. The summed E-state index contributed by atoms with van der Waals surface area (Å²) in [6.45, 7) is 5.84. The average molecular weight is 618 g/mol. The Morgan fingerprint density at radius 2 is 1.70 bits per heavy atom. The molecule has 1 aromatic heterocycles. The van der Waals surface area contributed by atoms with Gasteiger partial charge in [-0.15, -0.1) is 0 Å². The van der Waals surface area contributed by atoms with Crippen molar-refractivity contribution in [2.45, 2.75) is 70.6 Å². The highest BCUT2D eigenvalue weighted by Crippen LogP contribution is 2.37. The van der Waals surface area contributed by atoms with E-state index in [-0.39, 0.29) is 35.2 Å². The van der Waals surface area contributed by atoms with Crippen LogP contribution in [0.2, 0.25) is 0 Å². The van der Waals surface area contributed by atoms with E-state index in [1.807, 2.05) is 31.9 Å². The van der Waals surface area contributed by atoms with Gasteiger partial charge in [-0.3, -0.25) is 19.3 Å². The number of hydrogen-bond donors (Lipinski definition) is 2. The molecule has 2 atom stereocenters. The molecule has 2 aliphatic heterocycles. The summed E-state index contributed by atoms with van der Waals surface area (Å²) in [7, 11) is 1.99. The number of pyridine rings is 1. The molecule has 8 nitrogen and oxygen atoms in total. The van der Waals surface area contributed by atoms with Crippen molar-refractivity contribution in [3.63, 3.8) is 0 Å². The number of likely N-dealkylation sites (N-methyl/N-ethyl adjacent to an activating group) is 1.